The lowest BCUT2D eigenvalue weighted by atomic mass is 9.94. The van der Waals surface area contributed by atoms with Crippen molar-refractivity contribution >= 4 is 5.97 Å². The highest BCUT2D eigenvalue weighted by molar-refractivity contribution is 5.66. The van der Waals surface area contributed by atoms with Crippen LogP contribution in [0, 0.1) is 5.92 Å². The molecule has 2 N–H and O–H groups in total. The van der Waals surface area contributed by atoms with Crippen molar-refractivity contribution in [3.05, 3.63) is 0 Å². The largest absolute Gasteiger partial charge is 0.481 e. The lowest BCUT2D eigenvalue weighted by Gasteiger charge is -2.17. The molecule has 0 saturated carbocycles. The molecule has 2 atom stereocenters. The van der Waals surface area contributed by atoms with Gasteiger partial charge in [0.1, 0.15) is 0 Å². The van der Waals surface area contributed by atoms with E-state index in [-0.39, 0.29) is 12.3 Å². The average molecular weight is 244 g/mol. The molecule has 0 spiro atoms. The number of aliphatic hydroxyl groups excluding tert-OH is 1. The number of aliphatic carboxylic acids is 1. The number of carbonyl (C=O) groups is 1. The van der Waals surface area contributed by atoms with Crippen molar-refractivity contribution in [2.45, 2.75) is 77.7 Å². The van der Waals surface area contributed by atoms with Crippen molar-refractivity contribution in [1.82, 2.24) is 0 Å². The lowest BCUT2D eigenvalue weighted by molar-refractivity contribution is -0.137. The van der Waals surface area contributed by atoms with Gasteiger partial charge in [-0.15, -0.1) is 0 Å². The van der Waals surface area contributed by atoms with E-state index < -0.39 is 12.1 Å². The molecule has 0 fully saturated rings. The van der Waals surface area contributed by atoms with Gasteiger partial charge in [-0.05, 0) is 18.8 Å². The molecule has 0 aliphatic rings. The minimum atomic E-state index is -0.823. The first kappa shape index (κ1) is 16.4. The zero-order chi connectivity index (χ0) is 13.1. The van der Waals surface area contributed by atoms with Gasteiger partial charge in [0, 0.05) is 6.42 Å². The summed E-state index contributed by atoms with van der Waals surface area (Å²) in [5.41, 5.74) is 0. The third-order valence-electron chi connectivity index (χ3n) is 3.32. The standard InChI is InChI=1S/C14H28O3/c1-3-4-5-6-7-8-9-12(2)13(15)10-11-14(16)17/h12-13,15H,3-11H2,1-2H3,(H,16,17). The summed E-state index contributed by atoms with van der Waals surface area (Å²) in [4.78, 5) is 10.4. The van der Waals surface area contributed by atoms with Crippen LogP contribution >= 0.6 is 0 Å². The SMILES string of the molecule is CCCCCCCCC(C)C(O)CCC(=O)O. The summed E-state index contributed by atoms with van der Waals surface area (Å²) in [6, 6.07) is 0. The first-order valence-corrected chi connectivity index (χ1v) is 6.97. The van der Waals surface area contributed by atoms with E-state index in [0.717, 1.165) is 12.8 Å². The van der Waals surface area contributed by atoms with Gasteiger partial charge in [0.25, 0.3) is 0 Å². The summed E-state index contributed by atoms with van der Waals surface area (Å²) >= 11 is 0. The van der Waals surface area contributed by atoms with E-state index in [9.17, 15) is 9.90 Å². The summed E-state index contributed by atoms with van der Waals surface area (Å²) in [6.45, 7) is 4.22. The zero-order valence-corrected chi connectivity index (χ0v) is 11.3. The van der Waals surface area contributed by atoms with Crippen LogP contribution in [0.2, 0.25) is 0 Å². The van der Waals surface area contributed by atoms with E-state index in [2.05, 4.69) is 6.92 Å². The van der Waals surface area contributed by atoms with E-state index >= 15 is 0 Å². The molecular weight excluding hydrogens is 216 g/mol. The van der Waals surface area contributed by atoms with Gasteiger partial charge in [-0.3, -0.25) is 4.79 Å². The van der Waals surface area contributed by atoms with Crippen molar-refractivity contribution in [1.29, 1.82) is 0 Å². The van der Waals surface area contributed by atoms with E-state index in [1.54, 1.807) is 0 Å². The molecule has 0 radical (unpaired) electrons. The van der Waals surface area contributed by atoms with Gasteiger partial charge >= 0.3 is 5.97 Å². The first-order valence-electron chi connectivity index (χ1n) is 6.97. The normalized spacial score (nSPS) is 14.5. The molecule has 0 aromatic carbocycles. The fourth-order valence-corrected chi connectivity index (χ4v) is 1.99. The van der Waals surface area contributed by atoms with Crippen LogP contribution < -0.4 is 0 Å². The van der Waals surface area contributed by atoms with E-state index in [1.165, 1.54) is 32.1 Å². The highest BCUT2D eigenvalue weighted by Crippen LogP contribution is 2.17. The molecule has 0 bridgehead atoms. The van der Waals surface area contributed by atoms with E-state index in [0.29, 0.717) is 6.42 Å². The summed E-state index contributed by atoms with van der Waals surface area (Å²) in [7, 11) is 0. The monoisotopic (exact) mass is 244 g/mol. The maximum absolute atomic E-state index is 10.4. The maximum Gasteiger partial charge on any atom is 0.303 e. The van der Waals surface area contributed by atoms with Gasteiger partial charge in [-0.1, -0.05) is 52.4 Å². The minimum absolute atomic E-state index is 0.0714. The fourth-order valence-electron chi connectivity index (χ4n) is 1.99. The summed E-state index contributed by atoms with van der Waals surface area (Å²) < 4.78 is 0. The molecule has 102 valence electrons. The van der Waals surface area contributed by atoms with Crippen LogP contribution in [0.5, 0.6) is 0 Å². The third-order valence-corrected chi connectivity index (χ3v) is 3.32. The van der Waals surface area contributed by atoms with Gasteiger partial charge in [-0.25, -0.2) is 0 Å². The van der Waals surface area contributed by atoms with Gasteiger partial charge in [-0.2, -0.15) is 0 Å². The predicted octanol–water partition coefficient (Wildman–Crippen LogP) is 3.60. The molecule has 0 aliphatic heterocycles. The second-order valence-corrected chi connectivity index (χ2v) is 5.03. The smallest absolute Gasteiger partial charge is 0.303 e. The van der Waals surface area contributed by atoms with E-state index in [4.69, 9.17) is 5.11 Å². The molecule has 3 nitrogen and oxygen atoms in total. The number of carboxylic acid groups (broad SMARTS) is 1. The molecule has 2 unspecified atom stereocenters. The summed E-state index contributed by atoms with van der Waals surface area (Å²) in [6.07, 6.45) is 8.56. The number of hydrogen-bond acceptors (Lipinski definition) is 2. The molecule has 0 aliphatic carbocycles. The molecule has 3 heteroatoms. The maximum atomic E-state index is 10.4. The highest BCUT2D eigenvalue weighted by atomic mass is 16.4. The van der Waals surface area contributed by atoms with Gasteiger partial charge in [0.15, 0.2) is 0 Å². The molecule has 0 rings (SSSR count). The number of rotatable bonds is 11. The predicted molar refractivity (Wildman–Crippen MR) is 70.0 cm³/mol. The Morgan fingerprint density at radius 1 is 1.06 bits per heavy atom. The van der Waals surface area contributed by atoms with Gasteiger partial charge in [0.2, 0.25) is 0 Å². The Bertz CT molecular complexity index is 192. The number of aliphatic hydroxyl groups is 1. The Morgan fingerprint density at radius 3 is 2.24 bits per heavy atom. The Balaban J connectivity index is 3.43. The average Bonchev–Trinajstić information content (AvgIpc) is 2.30. The molecule has 0 aromatic heterocycles. The van der Waals surface area contributed by atoms with Gasteiger partial charge < -0.3 is 10.2 Å². The number of hydrogen-bond donors (Lipinski definition) is 2. The van der Waals surface area contributed by atoms with Crippen molar-refractivity contribution in [2.75, 3.05) is 0 Å². The third kappa shape index (κ3) is 10.3. The Kier molecular flexibility index (Phi) is 10.2. The van der Waals surface area contributed by atoms with Crippen LogP contribution in [-0.4, -0.2) is 22.3 Å². The molecule has 0 saturated heterocycles. The molecule has 17 heavy (non-hydrogen) atoms. The van der Waals surface area contributed by atoms with Crippen molar-refractivity contribution < 1.29 is 15.0 Å². The van der Waals surface area contributed by atoms with Crippen LogP contribution in [-0.2, 0) is 4.79 Å². The topological polar surface area (TPSA) is 57.5 Å². The quantitative estimate of drug-likeness (QED) is 0.546. The Hall–Kier alpha value is -0.570. The number of unbranched alkanes of at least 4 members (excludes halogenated alkanes) is 5. The van der Waals surface area contributed by atoms with Crippen LogP contribution in [0.25, 0.3) is 0 Å². The van der Waals surface area contributed by atoms with Crippen LogP contribution in [0.1, 0.15) is 71.6 Å². The molecule has 0 amide bonds. The van der Waals surface area contributed by atoms with Crippen LogP contribution in [0.15, 0.2) is 0 Å². The minimum Gasteiger partial charge on any atom is -0.481 e. The summed E-state index contributed by atoms with van der Waals surface area (Å²) in [5.74, 6) is -0.601. The first-order chi connectivity index (χ1) is 8.07. The fraction of sp³-hybridized carbons (Fsp3) is 0.929. The molecule has 0 heterocycles. The van der Waals surface area contributed by atoms with Crippen LogP contribution in [0.3, 0.4) is 0 Å². The Morgan fingerprint density at radius 2 is 1.65 bits per heavy atom. The zero-order valence-electron chi connectivity index (χ0n) is 11.3. The highest BCUT2D eigenvalue weighted by Gasteiger charge is 2.14. The summed E-state index contributed by atoms with van der Waals surface area (Å²) in [5, 5.41) is 18.3. The second-order valence-electron chi connectivity index (χ2n) is 5.03. The van der Waals surface area contributed by atoms with Crippen molar-refractivity contribution in [3.8, 4) is 0 Å². The Labute approximate surface area is 105 Å². The van der Waals surface area contributed by atoms with Gasteiger partial charge in [0.05, 0.1) is 6.10 Å². The van der Waals surface area contributed by atoms with Crippen molar-refractivity contribution in [3.63, 3.8) is 0 Å². The lowest BCUT2D eigenvalue weighted by Crippen LogP contribution is -2.18. The number of carboxylic acids is 1. The van der Waals surface area contributed by atoms with Crippen LogP contribution in [0.4, 0.5) is 0 Å². The second kappa shape index (κ2) is 10.6. The molecule has 0 aromatic rings. The van der Waals surface area contributed by atoms with Crippen molar-refractivity contribution in [2.24, 2.45) is 5.92 Å². The van der Waals surface area contributed by atoms with E-state index in [1.807, 2.05) is 6.92 Å². The molecular formula is C14H28O3.